The van der Waals surface area contributed by atoms with E-state index in [1.165, 1.54) is 0 Å². The van der Waals surface area contributed by atoms with Gasteiger partial charge in [-0.25, -0.2) is 0 Å². The molecule has 3 aromatic rings. The van der Waals surface area contributed by atoms with Crippen LogP contribution in [0.5, 0.6) is 11.5 Å². The molecule has 0 fully saturated rings. The van der Waals surface area contributed by atoms with Gasteiger partial charge >= 0.3 is 0 Å². The third-order valence-corrected chi connectivity index (χ3v) is 4.32. The van der Waals surface area contributed by atoms with Gasteiger partial charge in [-0.3, -0.25) is 4.79 Å². The van der Waals surface area contributed by atoms with Crippen LogP contribution in [0.4, 0.5) is 0 Å². The zero-order valence-electron chi connectivity index (χ0n) is 13.3. The Bertz CT molecular complexity index is 888. The molecule has 6 heteroatoms. The molecule has 1 heterocycles. The van der Waals surface area contributed by atoms with Crippen LogP contribution < -0.4 is 14.8 Å². The third kappa shape index (κ3) is 3.23. The van der Waals surface area contributed by atoms with E-state index in [4.69, 9.17) is 13.9 Å². The van der Waals surface area contributed by atoms with Crippen molar-refractivity contribution >= 4 is 32.8 Å². The lowest BCUT2D eigenvalue weighted by Crippen LogP contribution is -2.22. The molecule has 3 rings (SSSR count). The van der Waals surface area contributed by atoms with Crippen LogP contribution in [0.25, 0.3) is 11.0 Å². The van der Waals surface area contributed by atoms with E-state index < -0.39 is 0 Å². The van der Waals surface area contributed by atoms with Gasteiger partial charge in [0.2, 0.25) is 0 Å². The number of ether oxygens (including phenoxy) is 2. The van der Waals surface area contributed by atoms with Crippen molar-refractivity contribution in [1.82, 2.24) is 5.32 Å². The van der Waals surface area contributed by atoms with Crippen LogP contribution in [0.1, 0.15) is 16.1 Å². The second kappa shape index (κ2) is 6.97. The third-order valence-electron chi connectivity index (χ3n) is 3.63. The minimum Gasteiger partial charge on any atom is -0.493 e. The summed E-state index contributed by atoms with van der Waals surface area (Å²) in [5.74, 6) is 1.27. The predicted octanol–water partition coefficient (Wildman–Crippen LogP) is 4.14. The molecular weight excluding hydrogens is 374 g/mol. The van der Waals surface area contributed by atoms with Crippen LogP contribution >= 0.6 is 15.9 Å². The van der Waals surface area contributed by atoms with Gasteiger partial charge in [0.1, 0.15) is 5.58 Å². The molecule has 0 aliphatic rings. The summed E-state index contributed by atoms with van der Waals surface area (Å²) >= 11 is 3.45. The fourth-order valence-corrected chi connectivity index (χ4v) is 2.86. The Hall–Kier alpha value is -2.47. The predicted molar refractivity (Wildman–Crippen MR) is 94.6 cm³/mol. The highest BCUT2D eigenvalue weighted by Crippen LogP contribution is 2.28. The maximum absolute atomic E-state index is 12.3. The number of halogens is 1. The first-order chi connectivity index (χ1) is 11.6. The SMILES string of the molecule is COc1ccc(CNC(=O)c2cc3c(Br)cccc3o2)cc1OC. The van der Waals surface area contributed by atoms with E-state index in [1.54, 1.807) is 26.4 Å². The molecule has 1 N–H and O–H groups in total. The normalized spacial score (nSPS) is 10.6. The zero-order chi connectivity index (χ0) is 17.1. The maximum Gasteiger partial charge on any atom is 0.287 e. The number of amides is 1. The molecule has 0 unspecified atom stereocenters. The quantitative estimate of drug-likeness (QED) is 0.711. The van der Waals surface area contributed by atoms with E-state index in [-0.39, 0.29) is 11.7 Å². The van der Waals surface area contributed by atoms with Crippen molar-refractivity contribution in [2.24, 2.45) is 0 Å². The largest absolute Gasteiger partial charge is 0.493 e. The zero-order valence-corrected chi connectivity index (χ0v) is 14.8. The molecule has 1 aromatic heterocycles. The first-order valence-electron chi connectivity index (χ1n) is 7.29. The second-order valence-electron chi connectivity index (χ2n) is 5.13. The van der Waals surface area contributed by atoms with Gasteiger partial charge in [-0.15, -0.1) is 0 Å². The van der Waals surface area contributed by atoms with Crippen molar-refractivity contribution in [2.75, 3.05) is 14.2 Å². The Morgan fingerprint density at radius 1 is 1.12 bits per heavy atom. The Morgan fingerprint density at radius 2 is 1.92 bits per heavy atom. The van der Waals surface area contributed by atoms with Crippen molar-refractivity contribution in [3.05, 3.63) is 58.3 Å². The summed E-state index contributed by atoms with van der Waals surface area (Å²) in [5.41, 5.74) is 1.57. The van der Waals surface area contributed by atoms with E-state index in [0.717, 1.165) is 15.4 Å². The van der Waals surface area contributed by atoms with Crippen molar-refractivity contribution in [1.29, 1.82) is 0 Å². The highest BCUT2D eigenvalue weighted by molar-refractivity contribution is 9.10. The van der Waals surface area contributed by atoms with Crippen LogP contribution in [0.15, 0.2) is 51.4 Å². The number of furan rings is 1. The Kier molecular flexibility index (Phi) is 4.76. The lowest BCUT2D eigenvalue weighted by molar-refractivity contribution is 0.0925. The minimum atomic E-state index is -0.270. The van der Waals surface area contributed by atoms with Crippen LogP contribution in [-0.4, -0.2) is 20.1 Å². The summed E-state index contributed by atoms with van der Waals surface area (Å²) < 4.78 is 16.9. The van der Waals surface area contributed by atoms with E-state index >= 15 is 0 Å². The molecule has 5 nitrogen and oxygen atoms in total. The van der Waals surface area contributed by atoms with Crippen LogP contribution in [0.3, 0.4) is 0 Å². The molecule has 24 heavy (non-hydrogen) atoms. The van der Waals surface area contributed by atoms with E-state index in [2.05, 4.69) is 21.2 Å². The molecule has 2 aromatic carbocycles. The molecule has 1 amide bonds. The molecule has 0 spiro atoms. The summed E-state index contributed by atoms with van der Waals surface area (Å²) in [5, 5.41) is 3.71. The number of methoxy groups -OCH3 is 2. The average Bonchev–Trinajstić information content (AvgIpc) is 3.05. The van der Waals surface area contributed by atoms with Gasteiger partial charge in [0.25, 0.3) is 5.91 Å². The minimum absolute atomic E-state index is 0.270. The van der Waals surface area contributed by atoms with Crippen LogP contribution in [0, 0.1) is 0 Å². The number of hydrogen-bond donors (Lipinski definition) is 1. The second-order valence-corrected chi connectivity index (χ2v) is 5.99. The number of rotatable bonds is 5. The molecule has 0 aliphatic carbocycles. The number of benzene rings is 2. The number of nitrogens with one attached hydrogen (secondary N) is 1. The van der Waals surface area contributed by atoms with Gasteiger partial charge in [0.15, 0.2) is 17.3 Å². The Balaban J connectivity index is 1.74. The molecular formula is C18H16BrNO4. The molecule has 0 saturated carbocycles. The summed E-state index contributed by atoms with van der Waals surface area (Å²) in [6, 6.07) is 12.8. The van der Waals surface area contributed by atoms with Gasteiger partial charge in [-0.2, -0.15) is 0 Å². The van der Waals surface area contributed by atoms with E-state index in [0.29, 0.717) is 23.6 Å². The molecule has 0 saturated heterocycles. The topological polar surface area (TPSA) is 60.7 Å². The monoisotopic (exact) mass is 389 g/mol. The Labute approximate surface area is 147 Å². The average molecular weight is 390 g/mol. The lowest BCUT2D eigenvalue weighted by Gasteiger charge is -2.09. The number of carbonyl (C=O) groups is 1. The smallest absolute Gasteiger partial charge is 0.287 e. The summed E-state index contributed by atoms with van der Waals surface area (Å²) in [6.07, 6.45) is 0. The molecule has 124 valence electrons. The van der Waals surface area contributed by atoms with Crippen LogP contribution in [-0.2, 0) is 6.54 Å². The van der Waals surface area contributed by atoms with Crippen molar-refractivity contribution < 1.29 is 18.7 Å². The maximum atomic E-state index is 12.3. The van der Waals surface area contributed by atoms with Gasteiger partial charge in [0, 0.05) is 16.4 Å². The number of carbonyl (C=O) groups excluding carboxylic acids is 1. The highest BCUT2D eigenvalue weighted by atomic mass is 79.9. The fraction of sp³-hybridized carbons (Fsp3) is 0.167. The first-order valence-corrected chi connectivity index (χ1v) is 8.09. The van der Waals surface area contributed by atoms with Crippen LogP contribution in [0.2, 0.25) is 0 Å². The van der Waals surface area contributed by atoms with E-state index in [1.807, 2.05) is 30.3 Å². The number of hydrogen-bond acceptors (Lipinski definition) is 4. The molecule has 0 radical (unpaired) electrons. The molecule has 0 aliphatic heterocycles. The first kappa shape index (κ1) is 16.4. The summed E-state index contributed by atoms with van der Waals surface area (Å²) in [6.45, 7) is 0.359. The lowest BCUT2D eigenvalue weighted by atomic mass is 10.2. The van der Waals surface area contributed by atoms with E-state index in [9.17, 15) is 4.79 Å². The van der Waals surface area contributed by atoms with Gasteiger partial charge in [-0.05, 0) is 35.9 Å². The molecule has 0 bridgehead atoms. The van der Waals surface area contributed by atoms with Gasteiger partial charge < -0.3 is 19.2 Å². The standard InChI is InChI=1S/C18H16BrNO4/c1-22-15-7-6-11(8-16(15)23-2)10-20-18(21)17-9-12-13(19)4-3-5-14(12)24-17/h3-9H,10H2,1-2H3,(H,20,21). The highest BCUT2D eigenvalue weighted by Gasteiger charge is 2.14. The van der Waals surface area contributed by atoms with Crippen molar-refractivity contribution in [3.8, 4) is 11.5 Å². The molecule has 0 atom stereocenters. The number of fused-ring (bicyclic) bond motifs is 1. The van der Waals surface area contributed by atoms with Gasteiger partial charge in [0.05, 0.1) is 14.2 Å². The summed E-state index contributed by atoms with van der Waals surface area (Å²) in [4.78, 5) is 12.3. The Morgan fingerprint density at radius 3 is 2.62 bits per heavy atom. The van der Waals surface area contributed by atoms with Crippen molar-refractivity contribution in [3.63, 3.8) is 0 Å². The van der Waals surface area contributed by atoms with Crippen molar-refractivity contribution in [2.45, 2.75) is 6.54 Å². The fourth-order valence-electron chi connectivity index (χ4n) is 2.40. The summed E-state index contributed by atoms with van der Waals surface area (Å²) in [7, 11) is 3.16. The van der Waals surface area contributed by atoms with Gasteiger partial charge in [-0.1, -0.05) is 28.1 Å².